The van der Waals surface area contributed by atoms with E-state index in [1.165, 1.54) is 6.42 Å². The third kappa shape index (κ3) is 2.53. The monoisotopic (exact) mass is 311 g/mol. The Labute approximate surface area is 135 Å². The lowest BCUT2D eigenvalue weighted by Gasteiger charge is -2.29. The lowest BCUT2D eigenvalue weighted by molar-refractivity contribution is 0.0705. The maximum atomic E-state index is 12.6. The molecule has 0 spiro atoms. The van der Waals surface area contributed by atoms with Crippen LogP contribution in [-0.4, -0.2) is 50.6 Å². The molecule has 0 bridgehead atoms. The molecule has 23 heavy (non-hydrogen) atoms. The summed E-state index contributed by atoms with van der Waals surface area (Å²) in [7, 11) is 2.15. The molecule has 4 rings (SSSR count). The van der Waals surface area contributed by atoms with E-state index in [9.17, 15) is 4.79 Å². The zero-order valence-electron chi connectivity index (χ0n) is 13.4. The summed E-state index contributed by atoms with van der Waals surface area (Å²) in [4.78, 5) is 16.8. The molecule has 1 aromatic carbocycles. The molecular weight excluding hydrogens is 290 g/mol. The van der Waals surface area contributed by atoms with E-state index in [0.29, 0.717) is 19.1 Å². The number of rotatable bonds is 2. The molecule has 6 nitrogen and oxygen atoms in total. The highest BCUT2D eigenvalue weighted by Crippen LogP contribution is 2.30. The summed E-state index contributed by atoms with van der Waals surface area (Å²) < 4.78 is 2.21. The number of hydrogen-bond acceptors (Lipinski definition) is 4. The van der Waals surface area contributed by atoms with E-state index in [1.807, 2.05) is 35.2 Å². The van der Waals surface area contributed by atoms with Crippen molar-refractivity contribution in [3.05, 3.63) is 47.5 Å². The molecule has 1 unspecified atom stereocenters. The van der Waals surface area contributed by atoms with Gasteiger partial charge in [-0.2, -0.15) is 0 Å². The number of nitrogens with zero attached hydrogens (tertiary/aromatic N) is 5. The first-order valence-corrected chi connectivity index (χ1v) is 8.20. The van der Waals surface area contributed by atoms with Crippen LogP contribution < -0.4 is 0 Å². The third-order valence-electron chi connectivity index (χ3n) is 4.91. The van der Waals surface area contributed by atoms with Gasteiger partial charge < -0.3 is 9.47 Å². The van der Waals surface area contributed by atoms with E-state index in [2.05, 4.69) is 26.7 Å². The normalized spacial score (nSPS) is 21.4. The van der Waals surface area contributed by atoms with Crippen molar-refractivity contribution in [2.45, 2.75) is 32.0 Å². The number of hydrogen-bond donors (Lipinski definition) is 0. The fraction of sp³-hybridized carbons (Fsp3) is 0.471. The molecule has 1 fully saturated rings. The summed E-state index contributed by atoms with van der Waals surface area (Å²) in [5.74, 6) is 2.03. The summed E-state index contributed by atoms with van der Waals surface area (Å²) >= 11 is 0. The van der Waals surface area contributed by atoms with Gasteiger partial charge in [0, 0.05) is 18.7 Å². The van der Waals surface area contributed by atoms with Crippen LogP contribution in [0.5, 0.6) is 0 Å². The van der Waals surface area contributed by atoms with Gasteiger partial charge in [-0.3, -0.25) is 9.69 Å². The van der Waals surface area contributed by atoms with Gasteiger partial charge in [-0.05, 0) is 38.6 Å². The number of benzene rings is 1. The number of amides is 1. The second-order valence-corrected chi connectivity index (χ2v) is 6.36. The topological polar surface area (TPSA) is 54.3 Å². The van der Waals surface area contributed by atoms with Crippen molar-refractivity contribution >= 4 is 5.91 Å². The molecule has 0 N–H and O–H groups in total. The van der Waals surface area contributed by atoms with Crippen molar-refractivity contribution in [3.63, 3.8) is 0 Å². The maximum absolute atomic E-state index is 12.6. The van der Waals surface area contributed by atoms with Gasteiger partial charge in [0.25, 0.3) is 5.91 Å². The minimum absolute atomic E-state index is 0.0689. The molecule has 2 aliphatic rings. The summed E-state index contributed by atoms with van der Waals surface area (Å²) in [6, 6.07) is 9.81. The Morgan fingerprint density at radius 1 is 1.13 bits per heavy atom. The average Bonchev–Trinajstić information content (AvgIpc) is 3.20. The molecule has 0 saturated carbocycles. The van der Waals surface area contributed by atoms with Crippen LogP contribution in [0.2, 0.25) is 0 Å². The fourth-order valence-electron chi connectivity index (χ4n) is 3.60. The van der Waals surface area contributed by atoms with E-state index in [4.69, 9.17) is 0 Å². The molecule has 1 amide bonds. The van der Waals surface area contributed by atoms with Crippen LogP contribution in [0.3, 0.4) is 0 Å². The number of likely N-dealkylation sites (tertiary alicyclic amines) is 1. The van der Waals surface area contributed by atoms with Crippen molar-refractivity contribution < 1.29 is 4.79 Å². The lowest BCUT2D eigenvalue weighted by atomic mass is 10.1. The predicted octanol–water partition coefficient (Wildman–Crippen LogP) is 1.70. The Balaban J connectivity index is 1.55. The van der Waals surface area contributed by atoms with Gasteiger partial charge in [0.1, 0.15) is 0 Å². The van der Waals surface area contributed by atoms with Crippen molar-refractivity contribution in [2.75, 3.05) is 20.1 Å². The molecular formula is C17H21N5O. The van der Waals surface area contributed by atoms with Crippen molar-refractivity contribution in [2.24, 2.45) is 0 Å². The Morgan fingerprint density at radius 3 is 2.70 bits per heavy atom. The molecule has 1 aromatic heterocycles. The van der Waals surface area contributed by atoms with Gasteiger partial charge in [-0.1, -0.05) is 18.2 Å². The molecule has 1 saturated heterocycles. The highest BCUT2D eigenvalue weighted by molar-refractivity contribution is 5.94. The van der Waals surface area contributed by atoms with Gasteiger partial charge in [-0.25, -0.2) is 0 Å². The van der Waals surface area contributed by atoms with Crippen LogP contribution in [0.15, 0.2) is 30.3 Å². The van der Waals surface area contributed by atoms with Gasteiger partial charge in [0.2, 0.25) is 0 Å². The number of carbonyl (C=O) groups is 1. The Bertz CT molecular complexity index is 711. The molecule has 2 aromatic rings. The van der Waals surface area contributed by atoms with Crippen molar-refractivity contribution in [3.8, 4) is 0 Å². The van der Waals surface area contributed by atoms with Crippen LogP contribution >= 0.6 is 0 Å². The van der Waals surface area contributed by atoms with Gasteiger partial charge in [0.05, 0.1) is 12.6 Å². The van der Waals surface area contributed by atoms with Crippen LogP contribution in [-0.2, 0) is 13.1 Å². The molecule has 120 valence electrons. The minimum atomic E-state index is 0.0689. The van der Waals surface area contributed by atoms with E-state index >= 15 is 0 Å². The number of carbonyl (C=O) groups excluding carboxylic acids is 1. The summed E-state index contributed by atoms with van der Waals surface area (Å²) in [5.41, 5.74) is 0.733. The quantitative estimate of drug-likeness (QED) is 0.847. The van der Waals surface area contributed by atoms with Gasteiger partial charge in [0.15, 0.2) is 11.6 Å². The Hall–Kier alpha value is -2.21. The second-order valence-electron chi connectivity index (χ2n) is 6.36. The fourth-order valence-corrected chi connectivity index (χ4v) is 3.60. The first-order chi connectivity index (χ1) is 11.2. The Kier molecular flexibility index (Phi) is 3.61. The van der Waals surface area contributed by atoms with Gasteiger partial charge >= 0.3 is 0 Å². The largest absolute Gasteiger partial charge is 0.329 e. The summed E-state index contributed by atoms with van der Waals surface area (Å²) in [5, 5.41) is 8.78. The van der Waals surface area contributed by atoms with Crippen molar-refractivity contribution in [1.29, 1.82) is 0 Å². The SMILES string of the molecule is CN1CCCC1c1nnc2n1CCN(C(=O)c1ccccc1)C2. The predicted molar refractivity (Wildman–Crippen MR) is 85.8 cm³/mol. The van der Waals surface area contributed by atoms with Crippen LogP contribution in [0.1, 0.15) is 40.9 Å². The molecule has 0 radical (unpaired) electrons. The maximum Gasteiger partial charge on any atom is 0.254 e. The van der Waals surface area contributed by atoms with Crippen molar-refractivity contribution in [1.82, 2.24) is 24.6 Å². The highest BCUT2D eigenvalue weighted by atomic mass is 16.2. The number of fused-ring (bicyclic) bond motifs is 1. The number of aromatic nitrogens is 3. The third-order valence-corrected chi connectivity index (χ3v) is 4.91. The average molecular weight is 311 g/mol. The minimum Gasteiger partial charge on any atom is -0.329 e. The first-order valence-electron chi connectivity index (χ1n) is 8.20. The highest BCUT2D eigenvalue weighted by Gasteiger charge is 2.31. The molecule has 1 atom stereocenters. The van der Waals surface area contributed by atoms with E-state index in [1.54, 1.807) is 0 Å². The van der Waals surface area contributed by atoms with Crippen LogP contribution in [0, 0.1) is 0 Å². The van der Waals surface area contributed by atoms with E-state index in [-0.39, 0.29) is 5.91 Å². The Morgan fingerprint density at radius 2 is 1.96 bits per heavy atom. The summed E-state index contributed by atoms with van der Waals surface area (Å²) in [6.07, 6.45) is 2.35. The first kappa shape index (κ1) is 14.4. The standard InChI is InChI=1S/C17H21N5O/c1-20-9-5-8-14(20)16-19-18-15-12-21(10-11-22(15)16)17(23)13-6-3-2-4-7-13/h2-4,6-7,14H,5,8-12H2,1H3. The summed E-state index contributed by atoms with van der Waals surface area (Å²) in [6.45, 7) is 3.14. The molecule has 2 aliphatic heterocycles. The zero-order valence-corrected chi connectivity index (χ0v) is 13.4. The van der Waals surface area contributed by atoms with Gasteiger partial charge in [-0.15, -0.1) is 10.2 Å². The van der Waals surface area contributed by atoms with Crippen LogP contribution in [0.4, 0.5) is 0 Å². The van der Waals surface area contributed by atoms with E-state index in [0.717, 1.165) is 36.7 Å². The molecule has 0 aliphatic carbocycles. The smallest absolute Gasteiger partial charge is 0.254 e. The molecule has 6 heteroatoms. The van der Waals surface area contributed by atoms with E-state index < -0.39 is 0 Å². The zero-order chi connectivity index (χ0) is 15.8. The van der Waals surface area contributed by atoms with Crippen LogP contribution in [0.25, 0.3) is 0 Å². The second kappa shape index (κ2) is 5.77. The lowest BCUT2D eigenvalue weighted by Crippen LogP contribution is -2.39. The molecule has 3 heterocycles.